The van der Waals surface area contributed by atoms with Gasteiger partial charge >= 0.3 is 0 Å². The number of aromatic amines is 1. The number of pyridine rings is 1. The summed E-state index contributed by atoms with van der Waals surface area (Å²) in [6.45, 7) is 1.89. The minimum atomic E-state index is 0.853. The van der Waals surface area contributed by atoms with Crippen LogP contribution in [0, 0.1) is 0 Å². The van der Waals surface area contributed by atoms with Crippen molar-refractivity contribution in [3.8, 4) is 11.4 Å². The van der Waals surface area contributed by atoms with E-state index in [-0.39, 0.29) is 0 Å². The van der Waals surface area contributed by atoms with Crippen LogP contribution in [-0.4, -0.2) is 21.7 Å². The molecule has 2 aromatic heterocycles. The van der Waals surface area contributed by atoms with Gasteiger partial charge in [-0.1, -0.05) is 24.3 Å². The largest absolute Gasteiger partial charge is 0.311 e. The Kier molecular flexibility index (Phi) is 2.35. The minimum absolute atomic E-state index is 0.853. The first-order chi connectivity index (χ1) is 9.42. The monoisotopic (exact) mass is 250 g/mol. The number of H-pyrrole nitrogens is 1. The fourth-order valence-electron chi connectivity index (χ4n) is 2.63. The third kappa shape index (κ3) is 1.72. The van der Waals surface area contributed by atoms with Crippen molar-refractivity contribution in [2.75, 3.05) is 6.54 Å². The number of fused-ring (bicyclic) bond motifs is 2. The fraction of sp³-hybridized carbons (Fsp3) is 0.200. The summed E-state index contributed by atoms with van der Waals surface area (Å²) < 4.78 is 0. The van der Waals surface area contributed by atoms with Crippen molar-refractivity contribution in [2.45, 2.75) is 13.0 Å². The Morgan fingerprint density at radius 3 is 3.00 bits per heavy atom. The van der Waals surface area contributed by atoms with Crippen molar-refractivity contribution in [3.05, 3.63) is 47.7 Å². The van der Waals surface area contributed by atoms with Gasteiger partial charge in [-0.15, -0.1) is 0 Å². The van der Waals surface area contributed by atoms with Gasteiger partial charge in [0, 0.05) is 11.9 Å². The van der Waals surface area contributed by atoms with E-state index in [9.17, 15) is 0 Å². The molecule has 19 heavy (non-hydrogen) atoms. The summed E-state index contributed by atoms with van der Waals surface area (Å²) in [6, 6.07) is 12.4. The lowest BCUT2D eigenvalue weighted by Crippen LogP contribution is -2.24. The average Bonchev–Trinajstić information content (AvgIpc) is 2.91. The molecule has 3 heterocycles. The zero-order valence-electron chi connectivity index (χ0n) is 10.5. The first-order valence-corrected chi connectivity index (χ1v) is 6.55. The molecule has 0 unspecified atom stereocenters. The topological polar surface area (TPSA) is 53.6 Å². The predicted octanol–water partition coefficient (Wildman–Crippen LogP) is 2.27. The van der Waals surface area contributed by atoms with Crippen LogP contribution in [0.25, 0.3) is 22.3 Å². The lowest BCUT2D eigenvalue weighted by molar-refractivity contribution is 0.628. The summed E-state index contributed by atoms with van der Waals surface area (Å²) in [6.07, 6.45) is 1.06. The Labute approximate surface area is 110 Å². The van der Waals surface area contributed by atoms with Crippen LogP contribution in [0.5, 0.6) is 0 Å². The van der Waals surface area contributed by atoms with Gasteiger partial charge in [-0.05, 0) is 30.7 Å². The van der Waals surface area contributed by atoms with Gasteiger partial charge in [-0.2, -0.15) is 5.10 Å². The number of nitrogens with zero attached hydrogens (tertiary/aromatic N) is 2. The van der Waals surface area contributed by atoms with Crippen LogP contribution in [0.3, 0.4) is 0 Å². The Bertz CT molecular complexity index is 745. The molecule has 4 heteroatoms. The van der Waals surface area contributed by atoms with Gasteiger partial charge in [0.1, 0.15) is 5.69 Å². The van der Waals surface area contributed by atoms with E-state index in [2.05, 4.69) is 33.7 Å². The number of rotatable bonds is 1. The van der Waals surface area contributed by atoms with E-state index in [1.54, 1.807) is 0 Å². The number of aromatic nitrogens is 3. The Morgan fingerprint density at radius 2 is 2.00 bits per heavy atom. The van der Waals surface area contributed by atoms with Crippen molar-refractivity contribution < 1.29 is 0 Å². The van der Waals surface area contributed by atoms with Crippen molar-refractivity contribution in [2.24, 2.45) is 0 Å². The van der Waals surface area contributed by atoms with E-state index in [1.165, 1.54) is 5.56 Å². The highest BCUT2D eigenvalue weighted by atomic mass is 15.1. The van der Waals surface area contributed by atoms with Gasteiger partial charge in [0.2, 0.25) is 0 Å². The number of benzene rings is 1. The van der Waals surface area contributed by atoms with Gasteiger partial charge < -0.3 is 5.32 Å². The molecule has 1 aliphatic rings. The zero-order valence-corrected chi connectivity index (χ0v) is 10.5. The second-order valence-corrected chi connectivity index (χ2v) is 4.85. The standard InChI is InChI=1S/C15H14N4/c1-2-4-12-11(3-1)15(19-18-12)13-6-5-10-7-8-16-9-14(10)17-13/h1-6,16H,7-9H2,(H,18,19). The van der Waals surface area contributed by atoms with Crippen LogP contribution in [0.4, 0.5) is 0 Å². The van der Waals surface area contributed by atoms with E-state index in [0.29, 0.717) is 0 Å². The van der Waals surface area contributed by atoms with Crippen molar-refractivity contribution in [1.29, 1.82) is 0 Å². The summed E-state index contributed by atoms with van der Waals surface area (Å²) in [5.41, 5.74) is 5.43. The Morgan fingerprint density at radius 1 is 1.05 bits per heavy atom. The highest BCUT2D eigenvalue weighted by molar-refractivity contribution is 5.91. The zero-order chi connectivity index (χ0) is 12.7. The third-order valence-corrected chi connectivity index (χ3v) is 3.64. The first kappa shape index (κ1) is 10.7. The molecule has 94 valence electrons. The maximum Gasteiger partial charge on any atom is 0.118 e. The van der Waals surface area contributed by atoms with Crippen molar-refractivity contribution in [3.63, 3.8) is 0 Å². The van der Waals surface area contributed by atoms with Gasteiger partial charge in [0.05, 0.1) is 16.9 Å². The summed E-state index contributed by atoms with van der Waals surface area (Å²) in [4.78, 5) is 4.76. The van der Waals surface area contributed by atoms with E-state index in [0.717, 1.165) is 47.5 Å². The Balaban J connectivity index is 1.88. The SMILES string of the molecule is c1ccc2c(-c3ccc4c(n3)CNCC4)n[nH]c2c1. The number of nitrogens with one attached hydrogen (secondary N) is 2. The molecular formula is C15H14N4. The summed E-state index contributed by atoms with van der Waals surface area (Å²) in [5.74, 6) is 0. The second kappa shape index (κ2) is 4.17. The van der Waals surface area contributed by atoms with E-state index < -0.39 is 0 Å². The molecule has 0 fully saturated rings. The first-order valence-electron chi connectivity index (χ1n) is 6.55. The van der Waals surface area contributed by atoms with Crippen molar-refractivity contribution >= 4 is 10.9 Å². The summed E-state index contributed by atoms with van der Waals surface area (Å²) in [7, 11) is 0. The third-order valence-electron chi connectivity index (χ3n) is 3.64. The van der Waals surface area contributed by atoms with Crippen molar-refractivity contribution in [1.82, 2.24) is 20.5 Å². The molecule has 3 aromatic rings. The van der Waals surface area contributed by atoms with Gasteiger partial charge in [0.25, 0.3) is 0 Å². The summed E-state index contributed by atoms with van der Waals surface area (Å²) >= 11 is 0. The fourth-order valence-corrected chi connectivity index (χ4v) is 2.63. The van der Waals surface area contributed by atoms with Gasteiger partial charge in [0.15, 0.2) is 0 Å². The normalized spacial score (nSPS) is 14.5. The molecule has 0 saturated carbocycles. The van der Waals surface area contributed by atoms with Crippen LogP contribution < -0.4 is 5.32 Å². The number of para-hydroxylation sites is 1. The van der Waals surface area contributed by atoms with Gasteiger partial charge in [-0.25, -0.2) is 4.98 Å². The molecule has 4 rings (SSSR count). The average molecular weight is 250 g/mol. The smallest absolute Gasteiger partial charge is 0.118 e. The molecular weight excluding hydrogens is 236 g/mol. The molecule has 0 atom stereocenters. The molecule has 0 aliphatic carbocycles. The van der Waals surface area contributed by atoms with Crippen LogP contribution in [0.2, 0.25) is 0 Å². The maximum absolute atomic E-state index is 4.76. The van der Waals surface area contributed by atoms with Crippen LogP contribution >= 0.6 is 0 Å². The van der Waals surface area contributed by atoms with Crippen LogP contribution in [0.1, 0.15) is 11.3 Å². The molecule has 4 nitrogen and oxygen atoms in total. The van der Waals surface area contributed by atoms with Crippen LogP contribution in [-0.2, 0) is 13.0 Å². The number of hydrogen-bond acceptors (Lipinski definition) is 3. The molecule has 1 aliphatic heterocycles. The van der Waals surface area contributed by atoms with Gasteiger partial charge in [-0.3, -0.25) is 5.10 Å². The van der Waals surface area contributed by atoms with E-state index >= 15 is 0 Å². The molecule has 0 radical (unpaired) electrons. The van der Waals surface area contributed by atoms with E-state index in [4.69, 9.17) is 4.98 Å². The van der Waals surface area contributed by atoms with E-state index in [1.807, 2.05) is 18.2 Å². The second-order valence-electron chi connectivity index (χ2n) is 4.85. The van der Waals surface area contributed by atoms with Crippen LogP contribution in [0.15, 0.2) is 36.4 Å². The highest BCUT2D eigenvalue weighted by Crippen LogP contribution is 2.26. The lowest BCUT2D eigenvalue weighted by atomic mass is 10.0. The number of hydrogen-bond donors (Lipinski definition) is 2. The highest BCUT2D eigenvalue weighted by Gasteiger charge is 2.14. The molecule has 0 saturated heterocycles. The quantitative estimate of drug-likeness (QED) is 0.696. The Hall–Kier alpha value is -2.20. The molecule has 0 bridgehead atoms. The molecule has 2 N–H and O–H groups in total. The minimum Gasteiger partial charge on any atom is -0.311 e. The maximum atomic E-state index is 4.76. The molecule has 1 aromatic carbocycles. The molecule has 0 amide bonds. The molecule has 0 spiro atoms. The predicted molar refractivity (Wildman–Crippen MR) is 74.7 cm³/mol. The summed E-state index contributed by atoms with van der Waals surface area (Å²) in [5, 5.41) is 12.0. The lowest BCUT2D eigenvalue weighted by Gasteiger charge is -2.16.